The largest absolute Gasteiger partial charge is 0.497 e. The molecule has 0 unspecified atom stereocenters. The normalized spacial score (nSPS) is 14.6. The van der Waals surface area contributed by atoms with E-state index in [-0.39, 0.29) is 25.4 Å². The van der Waals surface area contributed by atoms with Crippen LogP contribution in [0.25, 0.3) is 0 Å². The molecule has 0 aromatic heterocycles. The van der Waals surface area contributed by atoms with Gasteiger partial charge in [0.2, 0.25) is 27.7 Å². The summed E-state index contributed by atoms with van der Waals surface area (Å²) in [4.78, 5) is 52.2. The highest BCUT2D eigenvalue weighted by molar-refractivity contribution is 7.89. The van der Waals surface area contributed by atoms with E-state index in [4.69, 9.17) is 4.74 Å². The lowest BCUT2D eigenvalue weighted by atomic mass is 10.0. The van der Waals surface area contributed by atoms with Gasteiger partial charge in [-0.3, -0.25) is 24.5 Å². The van der Waals surface area contributed by atoms with Crippen molar-refractivity contribution in [1.82, 2.24) is 14.5 Å². The van der Waals surface area contributed by atoms with Crippen LogP contribution in [0.5, 0.6) is 5.75 Å². The highest BCUT2D eigenvalue weighted by Crippen LogP contribution is 2.27. The van der Waals surface area contributed by atoms with Crippen molar-refractivity contribution in [2.45, 2.75) is 17.4 Å². The number of methoxy groups -OCH3 is 1. The summed E-state index contributed by atoms with van der Waals surface area (Å²) in [6, 6.07) is 20.0. The minimum Gasteiger partial charge on any atom is -0.497 e. The molecule has 0 radical (unpaired) electrons. The molecule has 3 amide bonds. The number of hydrogen-bond donors (Lipinski definition) is 1. The predicted octanol–water partition coefficient (Wildman–Crippen LogP) is 1.83. The van der Waals surface area contributed by atoms with Gasteiger partial charge in [0.05, 0.1) is 25.1 Å². The minimum absolute atomic E-state index is 0.116. The van der Waals surface area contributed by atoms with Crippen molar-refractivity contribution in [2.75, 3.05) is 45.2 Å². The SMILES string of the molecule is COc1ccc(N(C)C(=O)[C@H](Cc2ccccc2)NC(=O)CN2CCN(S(=O)(=O)c3ccccc3[N+](=O)[O-])CC2=O)cc1. The van der Waals surface area contributed by atoms with Gasteiger partial charge < -0.3 is 19.9 Å². The van der Waals surface area contributed by atoms with Crippen molar-refractivity contribution < 1.29 is 32.5 Å². The smallest absolute Gasteiger partial charge is 0.289 e. The molecular formula is C29H31N5O8S. The van der Waals surface area contributed by atoms with E-state index >= 15 is 0 Å². The standard InChI is InChI=1S/C29H31N5O8S/c1-31(22-12-14-23(42-2)15-13-22)29(37)24(18-21-8-4-3-5-9-21)30-27(35)19-32-16-17-33(20-28(32)36)43(40,41)26-11-7-6-10-25(26)34(38)39/h3-15,24H,16-20H2,1-2H3,(H,30,35)/t24-/m0/s1. The monoisotopic (exact) mass is 609 g/mol. The van der Waals surface area contributed by atoms with Crippen LogP contribution in [0.15, 0.2) is 83.8 Å². The number of nitro benzene ring substituents is 1. The lowest BCUT2D eigenvalue weighted by Gasteiger charge is -2.33. The number of nitro groups is 1. The van der Waals surface area contributed by atoms with Crippen LogP contribution in [0.2, 0.25) is 0 Å². The topological polar surface area (TPSA) is 159 Å². The first kappa shape index (κ1) is 31.1. The fraction of sp³-hybridized carbons (Fsp3) is 0.276. The second-order valence-electron chi connectivity index (χ2n) is 9.78. The summed E-state index contributed by atoms with van der Waals surface area (Å²) in [6.45, 7) is -1.27. The Hall–Kier alpha value is -4.82. The van der Waals surface area contributed by atoms with Gasteiger partial charge in [-0.2, -0.15) is 4.31 Å². The van der Waals surface area contributed by atoms with Gasteiger partial charge >= 0.3 is 0 Å². The summed E-state index contributed by atoms with van der Waals surface area (Å²) in [5, 5.41) is 14.1. The van der Waals surface area contributed by atoms with E-state index < -0.39 is 56.5 Å². The van der Waals surface area contributed by atoms with Gasteiger partial charge in [-0.25, -0.2) is 8.42 Å². The first-order chi connectivity index (χ1) is 20.5. The van der Waals surface area contributed by atoms with Crippen molar-refractivity contribution >= 4 is 39.1 Å². The number of para-hydroxylation sites is 1. The molecule has 3 aromatic carbocycles. The van der Waals surface area contributed by atoms with E-state index in [2.05, 4.69) is 5.32 Å². The molecule has 1 aliphatic rings. The fourth-order valence-electron chi connectivity index (χ4n) is 4.65. The second kappa shape index (κ2) is 13.4. The van der Waals surface area contributed by atoms with Crippen LogP contribution in [0, 0.1) is 10.1 Å². The molecule has 1 fully saturated rings. The number of piperazine rings is 1. The number of anilines is 1. The Labute approximate surface area is 248 Å². The maximum Gasteiger partial charge on any atom is 0.289 e. The Kier molecular flexibility index (Phi) is 9.73. The van der Waals surface area contributed by atoms with Crippen molar-refractivity contribution in [3.8, 4) is 5.75 Å². The Morgan fingerprint density at radius 1 is 1.02 bits per heavy atom. The van der Waals surface area contributed by atoms with Crippen LogP contribution in [-0.4, -0.2) is 86.6 Å². The van der Waals surface area contributed by atoms with Crippen LogP contribution >= 0.6 is 0 Å². The molecule has 0 spiro atoms. The number of amides is 3. The van der Waals surface area contributed by atoms with Crippen molar-refractivity contribution in [2.24, 2.45) is 0 Å². The van der Waals surface area contributed by atoms with E-state index in [0.717, 1.165) is 22.0 Å². The number of nitrogens with zero attached hydrogens (tertiary/aromatic N) is 4. The number of sulfonamides is 1. The summed E-state index contributed by atoms with van der Waals surface area (Å²) in [5.41, 5.74) is 0.809. The Balaban J connectivity index is 1.44. The van der Waals surface area contributed by atoms with E-state index in [1.54, 1.807) is 31.3 Å². The zero-order valence-corrected chi connectivity index (χ0v) is 24.4. The van der Waals surface area contributed by atoms with Crippen LogP contribution in [-0.2, 0) is 30.8 Å². The van der Waals surface area contributed by atoms with Crippen LogP contribution in [0.1, 0.15) is 5.56 Å². The van der Waals surface area contributed by atoms with E-state index in [1.165, 1.54) is 29.0 Å². The molecule has 1 heterocycles. The molecule has 1 saturated heterocycles. The minimum atomic E-state index is -4.34. The summed E-state index contributed by atoms with van der Waals surface area (Å²) in [7, 11) is -1.21. The number of carbonyl (C=O) groups is 3. The first-order valence-electron chi connectivity index (χ1n) is 13.3. The molecule has 1 aliphatic heterocycles. The fourth-order valence-corrected chi connectivity index (χ4v) is 6.19. The Morgan fingerprint density at radius 3 is 2.30 bits per heavy atom. The first-order valence-corrected chi connectivity index (χ1v) is 14.7. The van der Waals surface area contributed by atoms with Gasteiger partial charge in [-0.05, 0) is 35.9 Å². The number of benzene rings is 3. The third-order valence-electron chi connectivity index (χ3n) is 7.00. The maximum absolute atomic E-state index is 13.5. The molecule has 4 rings (SSSR count). The second-order valence-corrected chi connectivity index (χ2v) is 11.7. The number of nitrogens with one attached hydrogen (secondary N) is 1. The van der Waals surface area contributed by atoms with Gasteiger partial charge in [0.25, 0.3) is 5.69 Å². The molecule has 13 nitrogen and oxygen atoms in total. The van der Waals surface area contributed by atoms with Gasteiger partial charge in [-0.1, -0.05) is 42.5 Å². The molecule has 3 aromatic rings. The molecule has 1 atom stereocenters. The number of hydrogen-bond acceptors (Lipinski definition) is 8. The van der Waals surface area contributed by atoms with Crippen molar-refractivity contribution in [3.05, 3.63) is 94.5 Å². The molecule has 0 aliphatic carbocycles. The lowest BCUT2D eigenvalue weighted by Crippen LogP contribution is -2.56. The average Bonchev–Trinajstić information content (AvgIpc) is 3.01. The van der Waals surface area contributed by atoms with Crippen molar-refractivity contribution in [1.29, 1.82) is 0 Å². The van der Waals surface area contributed by atoms with Gasteiger partial charge in [0.15, 0.2) is 4.90 Å². The molecule has 43 heavy (non-hydrogen) atoms. The number of ether oxygens (including phenoxy) is 1. The Morgan fingerprint density at radius 2 is 1.67 bits per heavy atom. The van der Waals surface area contributed by atoms with Gasteiger partial charge in [0.1, 0.15) is 11.8 Å². The van der Waals surface area contributed by atoms with Crippen molar-refractivity contribution in [3.63, 3.8) is 0 Å². The van der Waals surface area contributed by atoms with Crippen LogP contribution < -0.4 is 15.0 Å². The van der Waals surface area contributed by atoms with Crippen LogP contribution in [0.3, 0.4) is 0 Å². The number of carbonyl (C=O) groups excluding carboxylic acids is 3. The third-order valence-corrected chi connectivity index (χ3v) is 8.90. The summed E-state index contributed by atoms with van der Waals surface area (Å²) >= 11 is 0. The molecule has 1 N–H and O–H groups in total. The zero-order valence-electron chi connectivity index (χ0n) is 23.6. The van der Waals surface area contributed by atoms with Gasteiger partial charge in [0, 0.05) is 38.3 Å². The van der Waals surface area contributed by atoms with E-state index in [0.29, 0.717) is 11.4 Å². The maximum atomic E-state index is 13.5. The number of rotatable bonds is 11. The molecule has 226 valence electrons. The summed E-state index contributed by atoms with van der Waals surface area (Å²) < 4.78 is 32.3. The average molecular weight is 610 g/mol. The summed E-state index contributed by atoms with van der Waals surface area (Å²) in [6.07, 6.45) is 0.196. The van der Waals surface area contributed by atoms with Crippen LogP contribution in [0.4, 0.5) is 11.4 Å². The molecular weight excluding hydrogens is 578 g/mol. The van der Waals surface area contributed by atoms with E-state index in [9.17, 15) is 32.9 Å². The number of likely N-dealkylation sites (N-methyl/N-ethyl adjacent to an activating group) is 1. The predicted molar refractivity (Wildman–Crippen MR) is 157 cm³/mol. The summed E-state index contributed by atoms with van der Waals surface area (Å²) in [5.74, 6) is -1.00. The highest BCUT2D eigenvalue weighted by Gasteiger charge is 2.37. The molecule has 0 bridgehead atoms. The lowest BCUT2D eigenvalue weighted by molar-refractivity contribution is -0.387. The Bertz CT molecular complexity index is 1600. The molecule has 14 heteroatoms. The van der Waals surface area contributed by atoms with E-state index in [1.807, 2.05) is 30.3 Å². The highest BCUT2D eigenvalue weighted by atomic mass is 32.2. The van der Waals surface area contributed by atoms with Gasteiger partial charge in [-0.15, -0.1) is 0 Å². The molecule has 0 saturated carbocycles. The zero-order chi connectivity index (χ0) is 31.1. The third kappa shape index (κ3) is 7.34. The quantitative estimate of drug-likeness (QED) is 0.255.